The number of carbonyl (C=O) groups is 1. The third-order valence-electron chi connectivity index (χ3n) is 3.07. The van der Waals surface area contributed by atoms with E-state index in [1.54, 1.807) is 0 Å². The number of nitrogens with zero attached hydrogens (tertiary/aromatic N) is 1. The van der Waals surface area contributed by atoms with E-state index < -0.39 is 30.9 Å². The molecule has 2 rings (SSSR count). The molecule has 1 heterocycles. The highest BCUT2D eigenvalue weighted by Crippen LogP contribution is 2.13. The van der Waals surface area contributed by atoms with Gasteiger partial charge in [0.2, 0.25) is 5.88 Å². The number of carbonyl (C=O) groups excluding carboxylic acids is 1. The van der Waals surface area contributed by atoms with Gasteiger partial charge >= 0.3 is 0 Å². The number of rotatable bonds is 7. The van der Waals surface area contributed by atoms with E-state index in [1.807, 2.05) is 0 Å². The van der Waals surface area contributed by atoms with Crippen molar-refractivity contribution < 1.29 is 27.8 Å². The SMILES string of the molecule is O=C(NCC(O)c1ccc(F)cc1)c1ccc(OCC(F)F)nc1. The summed E-state index contributed by atoms with van der Waals surface area (Å²) in [5.74, 6) is -0.933. The maximum atomic E-state index is 12.8. The second-order valence-corrected chi connectivity index (χ2v) is 4.86. The van der Waals surface area contributed by atoms with Crippen molar-refractivity contribution in [3.05, 3.63) is 59.5 Å². The number of nitrogens with one attached hydrogen (secondary N) is 1. The molecule has 0 saturated carbocycles. The number of amides is 1. The van der Waals surface area contributed by atoms with Gasteiger partial charge in [-0.1, -0.05) is 12.1 Å². The summed E-state index contributed by atoms with van der Waals surface area (Å²) in [7, 11) is 0. The fourth-order valence-corrected chi connectivity index (χ4v) is 1.84. The van der Waals surface area contributed by atoms with E-state index in [4.69, 9.17) is 4.74 Å². The lowest BCUT2D eigenvalue weighted by atomic mass is 10.1. The van der Waals surface area contributed by atoms with Gasteiger partial charge in [-0.25, -0.2) is 18.2 Å². The van der Waals surface area contributed by atoms with Crippen molar-refractivity contribution in [3.8, 4) is 5.88 Å². The molecule has 1 aromatic heterocycles. The Kier molecular flexibility index (Phi) is 6.14. The molecule has 1 aromatic carbocycles. The summed E-state index contributed by atoms with van der Waals surface area (Å²) in [4.78, 5) is 15.7. The van der Waals surface area contributed by atoms with Crippen LogP contribution in [0.25, 0.3) is 0 Å². The van der Waals surface area contributed by atoms with Crippen LogP contribution in [-0.4, -0.2) is 35.6 Å². The monoisotopic (exact) mass is 340 g/mol. The second kappa shape index (κ2) is 8.30. The molecule has 0 spiro atoms. The van der Waals surface area contributed by atoms with Crippen LogP contribution < -0.4 is 10.1 Å². The summed E-state index contributed by atoms with van der Waals surface area (Å²) < 4.78 is 41.5. The highest BCUT2D eigenvalue weighted by molar-refractivity contribution is 5.93. The summed E-state index contributed by atoms with van der Waals surface area (Å²) in [6.07, 6.45) is -2.42. The van der Waals surface area contributed by atoms with Crippen LogP contribution in [0.4, 0.5) is 13.2 Å². The lowest BCUT2D eigenvalue weighted by Crippen LogP contribution is -2.28. The van der Waals surface area contributed by atoms with E-state index in [0.29, 0.717) is 5.56 Å². The number of aromatic nitrogens is 1. The number of aliphatic hydroxyl groups excluding tert-OH is 1. The Labute approximate surface area is 136 Å². The molecule has 0 aliphatic heterocycles. The molecule has 1 atom stereocenters. The molecule has 8 heteroatoms. The Hall–Kier alpha value is -2.61. The van der Waals surface area contributed by atoms with Crippen molar-refractivity contribution in [2.75, 3.05) is 13.2 Å². The van der Waals surface area contributed by atoms with Crippen molar-refractivity contribution in [2.24, 2.45) is 0 Å². The van der Waals surface area contributed by atoms with Crippen LogP contribution in [0.1, 0.15) is 22.0 Å². The summed E-state index contributed by atoms with van der Waals surface area (Å²) in [6, 6.07) is 7.93. The molecule has 0 saturated heterocycles. The molecule has 0 radical (unpaired) electrons. The van der Waals surface area contributed by atoms with E-state index in [9.17, 15) is 23.1 Å². The van der Waals surface area contributed by atoms with Crippen molar-refractivity contribution in [2.45, 2.75) is 12.5 Å². The summed E-state index contributed by atoms with van der Waals surface area (Å²) >= 11 is 0. The second-order valence-electron chi connectivity index (χ2n) is 4.86. The van der Waals surface area contributed by atoms with Gasteiger partial charge in [0.15, 0.2) is 6.61 Å². The highest BCUT2D eigenvalue weighted by atomic mass is 19.3. The smallest absolute Gasteiger partial charge is 0.272 e. The van der Waals surface area contributed by atoms with Crippen LogP contribution in [0.3, 0.4) is 0 Å². The molecular weight excluding hydrogens is 325 g/mol. The minimum atomic E-state index is -2.61. The molecule has 2 aromatic rings. The first-order valence-corrected chi connectivity index (χ1v) is 7.04. The topological polar surface area (TPSA) is 71.5 Å². The first-order valence-electron chi connectivity index (χ1n) is 7.04. The lowest BCUT2D eigenvalue weighted by Gasteiger charge is -2.12. The predicted molar refractivity (Wildman–Crippen MR) is 79.4 cm³/mol. The average Bonchev–Trinajstić information content (AvgIpc) is 2.58. The molecule has 0 fully saturated rings. The van der Waals surface area contributed by atoms with Crippen LogP contribution in [0.5, 0.6) is 5.88 Å². The molecule has 1 unspecified atom stereocenters. The minimum absolute atomic E-state index is 0.0156. The molecular formula is C16H15F3N2O3. The third-order valence-corrected chi connectivity index (χ3v) is 3.07. The Balaban J connectivity index is 1.86. The van der Waals surface area contributed by atoms with E-state index in [2.05, 4.69) is 10.3 Å². The number of benzene rings is 1. The minimum Gasteiger partial charge on any atom is -0.472 e. The normalized spacial score (nSPS) is 12.0. The standard InChI is InChI=1S/C16H15F3N2O3/c17-12-4-1-10(2-5-12)13(22)8-21-16(23)11-3-6-15(20-7-11)24-9-14(18)19/h1-7,13-14,22H,8-9H2,(H,21,23). The molecule has 0 aliphatic rings. The van der Waals surface area contributed by atoms with E-state index >= 15 is 0 Å². The van der Waals surface area contributed by atoms with Crippen LogP contribution in [0, 0.1) is 5.82 Å². The fraction of sp³-hybridized carbons (Fsp3) is 0.250. The van der Waals surface area contributed by atoms with E-state index in [0.717, 1.165) is 0 Å². The van der Waals surface area contributed by atoms with Gasteiger partial charge in [0, 0.05) is 18.8 Å². The number of ether oxygens (including phenoxy) is 1. The largest absolute Gasteiger partial charge is 0.472 e. The summed E-state index contributed by atoms with van der Waals surface area (Å²) in [6.45, 7) is -0.851. The van der Waals surface area contributed by atoms with Crippen LogP contribution in [-0.2, 0) is 0 Å². The number of alkyl halides is 2. The number of halogens is 3. The Bertz CT molecular complexity index is 663. The van der Waals surface area contributed by atoms with Crippen molar-refractivity contribution in [3.63, 3.8) is 0 Å². The van der Waals surface area contributed by atoms with E-state index in [-0.39, 0.29) is 18.0 Å². The zero-order valence-corrected chi connectivity index (χ0v) is 12.5. The van der Waals surface area contributed by atoms with Gasteiger partial charge < -0.3 is 15.2 Å². The van der Waals surface area contributed by atoms with Gasteiger partial charge in [-0.15, -0.1) is 0 Å². The maximum absolute atomic E-state index is 12.8. The van der Waals surface area contributed by atoms with Crippen molar-refractivity contribution in [1.29, 1.82) is 0 Å². The first kappa shape index (κ1) is 17.7. The fourth-order valence-electron chi connectivity index (χ4n) is 1.84. The summed E-state index contributed by atoms with van der Waals surface area (Å²) in [5, 5.41) is 12.4. The Morgan fingerprint density at radius 2 is 1.92 bits per heavy atom. The van der Waals surface area contributed by atoms with Crippen LogP contribution >= 0.6 is 0 Å². The summed E-state index contributed by atoms with van der Waals surface area (Å²) in [5.41, 5.74) is 0.649. The van der Waals surface area contributed by atoms with Crippen molar-refractivity contribution in [1.82, 2.24) is 10.3 Å². The molecule has 0 aliphatic carbocycles. The van der Waals surface area contributed by atoms with Crippen LogP contribution in [0.2, 0.25) is 0 Å². The van der Waals surface area contributed by atoms with Gasteiger partial charge in [-0.3, -0.25) is 4.79 Å². The quantitative estimate of drug-likeness (QED) is 0.811. The molecule has 0 bridgehead atoms. The molecule has 5 nitrogen and oxygen atoms in total. The number of pyridine rings is 1. The maximum Gasteiger partial charge on any atom is 0.272 e. The molecule has 2 N–H and O–H groups in total. The van der Waals surface area contributed by atoms with Crippen LogP contribution in [0.15, 0.2) is 42.6 Å². The van der Waals surface area contributed by atoms with Crippen molar-refractivity contribution >= 4 is 5.91 Å². The molecule has 128 valence electrons. The van der Waals surface area contributed by atoms with E-state index in [1.165, 1.54) is 42.6 Å². The van der Waals surface area contributed by atoms with Gasteiger partial charge in [0.1, 0.15) is 5.82 Å². The van der Waals surface area contributed by atoms with Gasteiger partial charge in [-0.05, 0) is 23.8 Å². The third kappa shape index (κ3) is 5.24. The lowest BCUT2D eigenvalue weighted by molar-refractivity contribution is 0.0794. The van der Waals surface area contributed by atoms with Gasteiger partial charge in [0.05, 0.1) is 11.7 Å². The zero-order valence-electron chi connectivity index (χ0n) is 12.5. The molecule has 24 heavy (non-hydrogen) atoms. The number of hydrogen-bond donors (Lipinski definition) is 2. The zero-order chi connectivity index (χ0) is 17.5. The Morgan fingerprint density at radius 1 is 1.21 bits per heavy atom. The highest BCUT2D eigenvalue weighted by Gasteiger charge is 2.12. The predicted octanol–water partition coefficient (Wildman–Crippen LogP) is 2.33. The molecule has 1 amide bonds. The Morgan fingerprint density at radius 3 is 2.50 bits per heavy atom. The van der Waals surface area contributed by atoms with Gasteiger partial charge in [0.25, 0.3) is 12.3 Å². The average molecular weight is 340 g/mol. The number of aliphatic hydroxyl groups is 1. The van der Waals surface area contributed by atoms with Gasteiger partial charge in [-0.2, -0.15) is 0 Å². The first-order chi connectivity index (χ1) is 11.5. The number of hydrogen-bond acceptors (Lipinski definition) is 4.